The summed E-state index contributed by atoms with van der Waals surface area (Å²) in [4.78, 5) is 2.25. The predicted octanol–water partition coefficient (Wildman–Crippen LogP) is 1.62. The van der Waals surface area contributed by atoms with Gasteiger partial charge in [-0.05, 0) is 20.3 Å². The van der Waals surface area contributed by atoms with Crippen LogP contribution in [-0.4, -0.2) is 22.8 Å². The van der Waals surface area contributed by atoms with Crippen LogP contribution in [0.4, 0.5) is 11.5 Å². The van der Waals surface area contributed by atoms with E-state index >= 15 is 0 Å². The topological polar surface area (TPSA) is 57.9 Å². The standard InChI is InChI=1S/C9H18N4/c1-4-7(3)13(5-2)8-6-11-12-9(8)10/h6-7H,4-5H2,1-3H3,(H3,10,11,12). The lowest BCUT2D eigenvalue weighted by Gasteiger charge is -2.28. The Balaban J connectivity index is 2.84. The number of nitrogens with two attached hydrogens (primary N) is 1. The summed E-state index contributed by atoms with van der Waals surface area (Å²) in [6, 6.07) is 0.505. The molecule has 0 aliphatic carbocycles. The lowest BCUT2D eigenvalue weighted by molar-refractivity contribution is 0.631. The molecule has 0 saturated heterocycles. The number of hydrogen-bond acceptors (Lipinski definition) is 3. The average Bonchev–Trinajstić information content (AvgIpc) is 2.53. The number of rotatable bonds is 4. The van der Waals surface area contributed by atoms with Crippen LogP contribution in [0.3, 0.4) is 0 Å². The van der Waals surface area contributed by atoms with E-state index in [-0.39, 0.29) is 0 Å². The van der Waals surface area contributed by atoms with E-state index in [0.29, 0.717) is 11.9 Å². The molecule has 0 aliphatic heterocycles. The second-order valence-electron chi connectivity index (χ2n) is 3.21. The molecular formula is C9H18N4. The fourth-order valence-electron chi connectivity index (χ4n) is 1.46. The highest BCUT2D eigenvalue weighted by molar-refractivity contribution is 5.62. The second-order valence-corrected chi connectivity index (χ2v) is 3.21. The van der Waals surface area contributed by atoms with E-state index in [1.807, 2.05) is 0 Å². The van der Waals surface area contributed by atoms with Crippen LogP contribution in [0.5, 0.6) is 0 Å². The molecule has 0 fully saturated rings. The Bertz CT molecular complexity index is 256. The minimum atomic E-state index is 0.505. The number of nitrogens with one attached hydrogen (secondary N) is 1. The maximum Gasteiger partial charge on any atom is 0.142 e. The largest absolute Gasteiger partial charge is 0.382 e. The first-order valence-electron chi connectivity index (χ1n) is 4.76. The molecule has 3 N–H and O–H groups in total. The summed E-state index contributed by atoms with van der Waals surface area (Å²) in [6.45, 7) is 7.44. The minimum absolute atomic E-state index is 0.505. The zero-order valence-corrected chi connectivity index (χ0v) is 8.54. The van der Waals surface area contributed by atoms with Crippen molar-refractivity contribution in [1.82, 2.24) is 10.2 Å². The molecule has 0 saturated carbocycles. The third-order valence-electron chi connectivity index (χ3n) is 2.42. The Kier molecular flexibility index (Phi) is 3.17. The maximum absolute atomic E-state index is 5.75. The molecule has 1 aromatic heterocycles. The Labute approximate surface area is 79.1 Å². The SMILES string of the molecule is CCC(C)N(CC)c1cn[nH]c1N. The van der Waals surface area contributed by atoms with E-state index in [1.165, 1.54) is 0 Å². The lowest BCUT2D eigenvalue weighted by atomic mass is 10.2. The summed E-state index contributed by atoms with van der Waals surface area (Å²) in [5, 5.41) is 6.66. The van der Waals surface area contributed by atoms with Crippen molar-refractivity contribution in [2.24, 2.45) is 0 Å². The summed E-state index contributed by atoms with van der Waals surface area (Å²) in [5.41, 5.74) is 6.76. The van der Waals surface area contributed by atoms with Crippen molar-refractivity contribution in [2.45, 2.75) is 33.2 Å². The van der Waals surface area contributed by atoms with Gasteiger partial charge >= 0.3 is 0 Å². The normalized spacial score (nSPS) is 12.8. The number of nitrogen functional groups attached to an aromatic ring is 1. The summed E-state index contributed by atoms with van der Waals surface area (Å²) in [5.74, 6) is 0.655. The molecule has 1 heterocycles. The van der Waals surface area contributed by atoms with Gasteiger partial charge in [0.05, 0.1) is 11.9 Å². The summed E-state index contributed by atoms with van der Waals surface area (Å²) < 4.78 is 0. The number of hydrogen-bond donors (Lipinski definition) is 2. The number of anilines is 2. The average molecular weight is 182 g/mol. The van der Waals surface area contributed by atoms with Crippen LogP contribution < -0.4 is 10.6 Å². The highest BCUT2D eigenvalue weighted by Gasteiger charge is 2.14. The van der Waals surface area contributed by atoms with Crippen molar-refractivity contribution < 1.29 is 0 Å². The van der Waals surface area contributed by atoms with Crippen LogP contribution in [0.15, 0.2) is 6.20 Å². The van der Waals surface area contributed by atoms with E-state index < -0.39 is 0 Å². The van der Waals surface area contributed by atoms with Crippen molar-refractivity contribution in [3.8, 4) is 0 Å². The predicted molar refractivity (Wildman–Crippen MR) is 55.8 cm³/mol. The van der Waals surface area contributed by atoms with Gasteiger partial charge in [0, 0.05) is 12.6 Å². The van der Waals surface area contributed by atoms with Crippen LogP contribution in [0, 0.1) is 0 Å². The first kappa shape index (κ1) is 9.89. The third kappa shape index (κ3) is 1.94. The summed E-state index contributed by atoms with van der Waals surface area (Å²) in [6.07, 6.45) is 2.89. The van der Waals surface area contributed by atoms with Gasteiger partial charge in [-0.25, -0.2) is 0 Å². The van der Waals surface area contributed by atoms with E-state index in [0.717, 1.165) is 18.7 Å². The monoisotopic (exact) mass is 182 g/mol. The van der Waals surface area contributed by atoms with Gasteiger partial charge in [0.25, 0.3) is 0 Å². The van der Waals surface area contributed by atoms with Gasteiger partial charge in [-0.3, -0.25) is 5.10 Å². The molecule has 1 aromatic rings. The van der Waals surface area contributed by atoms with Crippen LogP contribution >= 0.6 is 0 Å². The Morgan fingerprint density at radius 1 is 1.62 bits per heavy atom. The number of aromatic amines is 1. The van der Waals surface area contributed by atoms with E-state index in [9.17, 15) is 0 Å². The number of nitrogens with zero attached hydrogens (tertiary/aromatic N) is 2. The van der Waals surface area contributed by atoms with Crippen molar-refractivity contribution >= 4 is 11.5 Å². The first-order chi connectivity index (χ1) is 6.20. The van der Waals surface area contributed by atoms with E-state index in [2.05, 4.69) is 35.9 Å². The van der Waals surface area contributed by atoms with Gasteiger partial charge in [-0.2, -0.15) is 5.10 Å². The van der Waals surface area contributed by atoms with Crippen molar-refractivity contribution in [1.29, 1.82) is 0 Å². The van der Waals surface area contributed by atoms with Gasteiger partial charge < -0.3 is 10.6 Å². The van der Waals surface area contributed by atoms with Crippen molar-refractivity contribution in [3.05, 3.63) is 6.20 Å². The van der Waals surface area contributed by atoms with Crippen molar-refractivity contribution in [2.75, 3.05) is 17.2 Å². The molecule has 0 radical (unpaired) electrons. The van der Waals surface area contributed by atoms with E-state index in [4.69, 9.17) is 5.73 Å². The van der Waals surface area contributed by atoms with Gasteiger partial charge in [0.1, 0.15) is 5.82 Å². The highest BCUT2D eigenvalue weighted by atomic mass is 15.2. The molecule has 13 heavy (non-hydrogen) atoms. The third-order valence-corrected chi connectivity index (χ3v) is 2.42. The van der Waals surface area contributed by atoms with Crippen LogP contribution in [0.1, 0.15) is 27.2 Å². The molecule has 74 valence electrons. The molecule has 1 rings (SSSR count). The van der Waals surface area contributed by atoms with Gasteiger partial charge in [0.2, 0.25) is 0 Å². The summed E-state index contributed by atoms with van der Waals surface area (Å²) in [7, 11) is 0. The fourth-order valence-corrected chi connectivity index (χ4v) is 1.46. The van der Waals surface area contributed by atoms with Crippen LogP contribution in [-0.2, 0) is 0 Å². The molecule has 0 aliphatic rings. The Morgan fingerprint density at radius 3 is 2.69 bits per heavy atom. The molecule has 0 aromatic carbocycles. The zero-order valence-electron chi connectivity index (χ0n) is 8.54. The van der Waals surface area contributed by atoms with Crippen LogP contribution in [0.25, 0.3) is 0 Å². The highest BCUT2D eigenvalue weighted by Crippen LogP contribution is 2.22. The van der Waals surface area contributed by atoms with Crippen LogP contribution in [0.2, 0.25) is 0 Å². The molecule has 0 amide bonds. The second kappa shape index (κ2) is 4.16. The molecule has 0 spiro atoms. The Morgan fingerprint density at radius 2 is 2.31 bits per heavy atom. The first-order valence-corrected chi connectivity index (χ1v) is 4.76. The molecule has 1 atom stereocenters. The van der Waals surface area contributed by atoms with Gasteiger partial charge in [-0.15, -0.1) is 0 Å². The molecule has 1 unspecified atom stereocenters. The molecular weight excluding hydrogens is 164 g/mol. The van der Waals surface area contributed by atoms with Gasteiger partial charge in [0.15, 0.2) is 0 Å². The van der Waals surface area contributed by atoms with Crippen molar-refractivity contribution in [3.63, 3.8) is 0 Å². The number of aromatic nitrogens is 2. The summed E-state index contributed by atoms with van der Waals surface area (Å²) >= 11 is 0. The van der Waals surface area contributed by atoms with Gasteiger partial charge in [-0.1, -0.05) is 6.92 Å². The molecule has 4 nitrogen and oxygen atoms in total. The van der Waals surface area contributed by atoms with E-state index in [1.54, 1.807) is 6.20 Å². The quantitative estimate of drug-likeness (QED) is 0.744. The zero-order chi connectivity index (χ0) is 9.84. The minimum Gasteiger partial charge on any atom is -0.382 e. The maximum atomic E-state index is 5.75. The molecule has 4 heteroatoms. The fraction of sp³-hybridized carbons (Fsp3) is 0.667. The lowest BCUT2D eigenvalue weighted by Crippen LogP contribution is -2.32. The number of H-pyrrole nitrogens is 1. The smallest absolute Gasteiger partial charge is 0.142 e. The molecule has 0 bridgehead atoms. The Hall–Kier alpha value is -1.19.